The summed E-state index contributed by atoms with van der Waals surface area (Å²) in [6, 6.07) is 2.74. The van der Waals surface area contributed by atoms with Gasteiger partial charge in [-0.3, -0.25) is 19.7 Å². The van der Waals surface area contributed by atoms with Crippen molar-refractivity contribution in [1.29, 1.82) is 0 Å². The Bertz CT molecular complexity index is 557. The van der Waals surface area contributed by atoms with E-state index < -0.39 is 33.6 Å². The number of ether oxygens (including phenoxy) is 1. The predicted octanol–water partition coefficient (Wildman–Crippen LogP) is 1.75. The lowest BCUT2D eigenvalue weighted by Crippen LogP contribution is -2.41. The molecule has 1 atom stereocenters. The number of nitro groups is 1. The van der Waals surface area contributed by atoms with Crippen molar-refractivity contribution in [3.8, 4) is 0 Å². The second-order valence-corrected chi connectivity index (χ2v) is 4.09. The predicted molar refractivity (Wildman–Crippen MR) is 63.1 cm³/mol. The van der Waals surface area contributed by atoms with E-state index in [9.17, 15) is 24.1 Å². The van der Waals surface area contributed by atoms with E-state index in [1.165, 1.54) is 6.92 Å². The van der Waals surface area contributed by atoms with E-state index in [1.807, 2.05) is 0 Å². The molecule has 0 bridgehead atoms. The molecule has 1 aromatic rings. The van der Waals surface area contributed by atoms with E-state index in [0.717, 1.165) is 26.2 Å². The summed E-state index contributed by atoms with van der Waals surface area (Å²) in [4.78, 5) is 33.1. The summed E-state index contributed by atoms with van der Waals surface area (Å²) in [6.45, 7) is 2.34. The van der Waals surface area contributed by atoms with Gasteiger partial charge in [0.25, 0.3) is 5.69 Å². The summed E-state index contributed by atoms with van der Waals surface area (Å²) in [6.07, 6.45) is 0. The van der Waals surface area contributed by atoms with E-state index in [4.69, 9.17) is 0 Å². The standard InChI is InChI=1S/C12H12FNO5/c1-7(15)12(2,11(16)19-3)9-5-4-8(14(17)18)6-10(9)13/h4-6H,1-3H3. The van der Waals surface area contributed by atoms with Gasteiger partial charge in [-0.15, -0.1) is 0 Å². The molecular formula is C12H12FNO5. The lowest BCUT2D eigenvalue weighted by molar-refractivity contribution is -0.385. The Labute approximate surface area is 108 Å². The summed E-state index contributed by atoms with van der Waals surface area (Å²) in [5.41, 5.74) is -2.54. The van der Waals surface area contributed by atoms with Crippen LogP contribution in [-0.4, -0.2) is 23.8 Å². The highest BCUT2D eigenvalue weighted by Crippen LogP contribution is 2.30. The van der Waals surface area contributed by atoms with Crippen LogP contribution in [0.3, 0.4) is 0 Å². The fraction of sp³-hybridized carbons (Fsp3) is 0.333. The van der Waals surface area contributed by atoms with Crippen molar-refractivity contribution in [3.63, 3.8) is 0 Å². The average Bonchev–Trinajstić information content (AvgIpc) is 2.36. The molecule has 1 rings (SSSR count). The lowest BCUT2D eigenvalue weighted by Gasteiger charge is -2.24. The molecule has 1 unspecified atom stereocenters. The number of benzene rings is 1. The molecule has 0 aliphatic heterocycles. The molecule has 0 N–H and O–H groups in total. The zero-order valence-corrected chi connectivity index (χ0v) is 10.6. The Morgan fingerprint density at radius 1 is 1.42 bits per heavy atom. The highest BCUT2D eigenvalue weighted by Gasteiger charge is 2.43. The van der Waals surface area contributed by atoms with Crippen molar-refractivity contribution in [2.24, 2.45) is 0 Å². The smallest absolute Gasteiger partial charge is 0.323 e. The minimum Gasteiger partial charge on any atom is -0.468 e. The average molecular weight is 269 g/mol. The summed E-state index contributed by atoms with van der Waals surface area (Å²) >= 11 is 0. The van der Waals surface area contributed by atoms with Gasteiger partial charge in [0.15, 0.2) is 11.2 Å². The summed E-state index contributed by atoms with van der Waals surface area (Å²) < 4.78 is 18.4. The highest BCUT2D eigenvalue weighted by atomic mass is 19.1. The number of hydrogen-bond acceptors (Lipinski definition) is 5. The Morgan fingerprint density at radius 2 is 2.00 bits per heavy atom. The molecule has 0 saturated carbocycles. The second-order valence-electron chi connectivity index (χ2n) is 4.09. The maximum absolute atomic E-state index is 13.9. The van der Waals surface area contributed by atoms with Gasteiger partial charge < -0.3 is 4.74 Å². The molecule has 0 radical (unpaired) electrons. The van der Waals surface area contributed by atoms with Gasteiger partial charge in [-0.1, -0.05) is 0 Å². The number of non-ortho nitro benzene ring substituents is 1. The van der Waals surface area contributed by atoms with Gasteiger partial charge in [0.05, 0.1) is 18.1 Å². The number of halogens is 1. The zero-order chi connectivity index (χ0) is 14.8. The van der Waals surface area contributed by atoms with Crippen LogP contribution >= 0.6 is 0 Å². The van der Waals surface area contributed by atoms with Crippen LogP contribution in [0.2, 0.25) is 0 Å². The molecule has 0 amide bonds. The van der Waals surface area contributed by atoms with Gasteiger partial charge in [0, 0.05) is 11.6 Å². The van der Waals surface area contributed by atoms with Crippen molar-refractivity contribution in [3.05, 3.63) is 39.7 Å². The molecule has 102 valence electrons. The minimum atomic E-state index is -1.83. The van der Waals surface area contributed by atoms with Crippen molar-refractivity contribution >= 4 is 17.4 Å². The van der Waals surface area contributed by atoms with Gasteiger partial charge in [-0.05, 0) is 19.9 Å². The number of rotatable bonds is 4. The molecule has 0 heterocycles. The first-order chi connectivity index (χ1) is 8.75. The van der Waals surface area contributed by atoms with Gasteiger partial charge in [-0.25, -0.2) is 4.39 Å². The van der Waals surface area contributed by atoms with Crippen LogP contribution in [0, 0.1) is 15.9 Å². The van der Waals surface area contributed by atoms with Crippen molar-refractivity contribution < 1.29 is 23.6 Å². The number of hydrogen-bond donors (Lipinski definition) is 0. The van der Waals surface area contributed by atoms with E-state index in [0.29, 0.717) is 6.07 Å². The third-order valence-corrected chi connectivity index (χ3v) is 3.00. The second kappa shape index (κ2) is 5.13. The molecule has 1 aromatic carbocycles. The van der Waals surface area contributed by atoms with Crippen LogP contribution in [0.25, 0.3) is 0 Å². The normalized spacial score (nSPS) is 13.5. The molecule has 0 aromatic heterocycles. The van der Waals surface area contributed by atoms with Gasteiger partial charge >= 0.3 is 5.97 Å². The van der Waals surface area contributed by atoms with Crippen LogP contribution in [0.4, 0.5) is 10.1 Å². The molecule has 0 fully saturated rings. The van der Waals surface area contributed by atoms with Crippen LogP contribution in [0.5, 0.6) is 0 Å². The molecule has 0 aliphatic carbocycles. The summed E-state index contributed by atoms with van der Waals surface area (Å²) in [7, 11) is 1.08. The van der Waals surface area contributed by atoms with Crippen LogP contribution in [0.1, 0.15) is 19.4 Å². The number of nitrogens with zero attached hydrogens (tertiary/aromatic N) is 1. The van der Waals surface area contributed by atoms with Gasteiger partial charge in [0.2, 0.25) is 0 Å². The Kier molecular flexibility index (Phi) is 3.98. The lowest BCUT2D eigenvalue weighted by atomic mass is 9.78. The molecule has 7 heteroatoms. The molecule has 0 aliphatic rings. The quantitative estimate of drug-likeness (QED) is 0.359. The first-order valence-electron chi connectivity index (χ1n) is 5.29. The first kappa shape index (κ1) is 14.7. The van der Waals surface area contributed by atoms with Crippen LogP contribution in [0.15, 0.2) is 18.2 Å². The number of esters is 1. The van der Waals surface area contributed by atoms with Crippen LogP contribution in [-0.2, 0) is 19.7 Å². The molecule has 0 saturated heterocycles. The molecule has 0 spiro atoms. The van der Waals surface area contributed by atoms with Crippen molar-refractivity contribution in [2.45, 2.75) is 19.3 Å². The van der Waals surface area contributed by atoms with E-state index in [-0.39, 0.29) is 5.56 Å². The molecule has 19 heavy (non-hydrogen) atoms. The maximum atomic E-state index is 13.9. The van der Waals surface area contributed by atoms with Gasteiger partial charge in [0.1, 0.15) is 5.82 Å². The summed E-state index contributed by atoms with van der Waals surface area (Å²) in [5, 5.41) is 10.5. The molecular weight excluding hydrogens is 257 g/mol. The van der Waals surface area contributed by atoms with Gasteiger partial charge in [-0.2, -0.15) is 0 Å². The number of carbonyl (C=O) groups excluding carboxylic acids is 2. The molecule has 6 nitrogen and oxygen atoms in total. The number of methoxy groups -OCH3 is 1. The number of Topliss-reactive ketones (excluding diaryl/α,β-unsaturated/α-hetero) is 1. The fourth-order valence-corrected chi connectivity index (χ4v) is 1.67. The topological polar surface area (TPSA) is 86.5 Å². The SMILES string of the molecule is COC(=O)C(C)(C(C)=O)c1ccc([N+](=O)[O-])cc1F. The van der Waals surface area contributed by atoms with Crippen molar-refractivity contribution in [1.82, 2.24) is 0 Å². The fourth-order valence-electron chi connectivity index (χ4n) is 1.67. The first-order valence-corrected chi connectivity index (χ1v) is 5.29. The van der Waals surface area contributed by atoms with E-state index in [1.54, 1.807) is 0 Å². The summed E-state index contributed by atoms with van der Waals surface area (Å²) in [5.74, 6) is -2.54. The van der Waals surface area contributed by atoms with Crippen LogP contribution < -0.4 is 0 Å². The highest BCUT2D eigenvalue weighted by molar-refractivity contribution is 6.08. The third kappa shape index (κ3) is 2.44. The zero-order valence-electron chi connectivity index (χ0n) is 10.6. The Balaban J connectivity index is 3.45. The van der Waals surface area contributed by atoms with E-state index >= 15 is 0 Å². The number of carbonyl (C=O) groups is 2. The minimum absolute atomic E-state index is 0.252. The largest absolute Gasteiger partial charge is 0.468 e. The maximum Gasteiger partial charge on any atom is 0.323 e. The third-order valence-electron chi connectivity index (χ3n) is 3.00. The Morgan fingerprint density at radius 3 is 2.37 bits per heavy atom. The monoisotopic (exact) mass is 269 g/mol. The number of ketones is 1. The van der Waals surface area contributed by atoms with Crippen molar-refractivity contribution in [2.75, 3.05) is 7.11 Å². The number of nitro benzene ring substituents is 1. The van der Waals surface area contributed by atoms with E-state index in [2.05, 4.69) is 4.74 Å². The Hall–Kier alpha value is -2.31.